The highest BCUT2D eigenvalue weighted by Crippen LogP contribution is 2.07. The molecular formula is C16H25IN6O. The van der Waals surface area contributed by atoms with Gasteiger partial charge in [0.25, 0.3) is 0 Å². The minimum absolute atomic E-state index is 0. The van der Waals surface area contributed by atoms with Gasteiger partial charge >= 0.3 is 0 Å². The van der Waals surface area contributed by atoms with Crippen LogP contribution < -0.4 is 15.4 Å². The second-order valence-corrected chi connectivity index (χ2v) is 4.95. The summed E-state index contributed by atoms with van der Waals surface area (Å²) in [4.78, 5) is 8.75. The van der Waals surface area contributed by atoms with E-state index >= 15 is 0 Å². The zero-order valence-corrected chi connectivity index (χ0v) is 16.4. The van der Waals surface area contributed by atoms with E-state index in [0.717, 1.165) is 37.6 Å². The summed E-state index contributed by atoms with van der Waals surface area (Å²) in [5.74, 6) is 1.42. The van der Waals surface area contributed by atoms with Gasteiger partial charge in [0, 0.05) is 44.3 Å². The molecule has 8 heteroatoms. The Morgan fingerprint density at radius 1 is 1.33 bits per heavy atom. The van der Waals surface area contributed by atoms with Crippen LogP contribution in [0.3, 0.4) is 0 Å². The lowest BCUT2D eigenvalue weighted by molar-refractivity contribution is 0.397. The van der Waals surface area contributed by atoms with Crippen molar-refractivity contribution in [2.75, 3.05) is 20.2 Å². The number of nitrogens with one attached hydrogen (secondary N) is 2. The summed E-state index contributed by atoms with van der Waals surface area (Å²) < 4.78 is 6.98. The van der Waals surface area contributed by atoms with Crippen LogP contribution in [0.25, 0.3) is 0 Å². The lowest BCUT2D eigenvalue weighted by atomic mass is 10.3. The number of halogens is 1. The van der Waals surface area contributed by atoms with Crippen molar-refractivity contribution in [3.63, 3.8) is 0 Å². The molecule has 0 radical (unpaired) electrons. The van der Waals surface area contributed by atoms with Crippen molar-refractivity contribution < 1.29 is 4.74 Å². The van der Waals surface area contributed by atoms with Crippen LogP contribution in [0, 0.1) is 0 Å². The van der Waals surface area contributed by atoms with Gasteiger partial charge in [-0.1, -0.05) is 6.07 Å². The molecule has 7 nitrogen and oxygen atoms in total. The fourth-order valence-electron chi connectivity index (χ4n) is 2.02. The van der Waals surface area contributed by atoms with Crippen molar-refractivity contribution in [3.8, 4) is 5.88 Å². The summed E-state index contributed by atoms with van der Waals surface area (Å²) >= 11 is 0. The fourth-order valence-corrected chi connectivity index (χ4v) is 2.02. The van der Waals surface area contributed by atoms with Crippen molar-refractivity contribution in [2.45, 2.75) is 26.4 Å². The van der Waals surface area contributed by atoms with Gasteiger partial charge in [0.15, 0.2) is 5.96 Å². The first kappa shape index (κ1) is 20.2. The van der Waals surface area contributed by atoms with Crippen LogP contribution in [0.1, 0.15) is 18.9 Å². The molecule has 2 N–H and O–H groups in total. The van der Waals surface area contributed by atoms with Crippen LogP contribution in [0.5, 0.6) is 5.88 Å². The molecule has 2 heterocycles. The van der Waals surface area contributed by atoms with Gasteiger partial charge in [-0.3, -0.25) is 4.68 Å². The van der Waals surface area contributed by atoms with Crippen LogP contribution in [-0.4, -0.2) is 40.9 Å². The molecule has 2 aromatic rings. The first-order valence-electron chi connectivity index (χ1n) is 7.80. The fraction of sp³-hybridized carbons (Fsp3) is 0.438. The molecule has 0 fully saturated rings. The van der Waals surface area contributed by atoms with Gasteiger partial charge in [0.05, 0.1) is 13.7 Å². The third kappa shape index (κ3) is 7.16. The maximum Gasteiger partial charge on any atom is 0.212 e. The van der Waals surface area contributed by atoms with E-state index < -0.39 is 0 Å². The molecule has 0 bridgehead atoms. The van der Waals surface area contributed by atoms with Crippen LogP contribution in [-0.2, 0) is 13.1 Å². The lowest BCUT2D eigenvalue weighted by Gasteiger charge is -2.11. The standard InChI is InChI=1S/C16H24N6O.HI/c1-3-17-16(18-8-4-10-22-11-5-9-21-22)20-13-14-6-7-15(23-2)19-12-14;/h5-7,9,11-12H,3-4,8,10,13H2,1-2H3,(H2,17,18,20);1H. The predicted molar refractivity (Wildman–Crippen MR) is 106 cm³/mol. The highest BCUT2D eigenvalue weighted by Gasteiger charge is 1.99. The lowest BCUT2D eigenvalue weighted by Crippen LogP contribution is -2.38. The molecule has 0 aliphatic rings. The van der Waals surface area contributed by atoms with Crippen molar-refractivity contribution in [2.24, 2.45) is 4.99 Å². The van der Waals surface area contributed by atoms with E-state index in [1.165, 1.54) is 0 Å². The molecule has 0 aromatic carbocycles. The van der Waals surface area contributed by atoms with E-state index in [4.69, 9.17) is 4.74 Å². The summed E-state index contributed by atoms with van der Waals surface area (Å²) in [5, 5.41) is 10.8. The number of hydrogen-bond acceptors (Lipinski definition) is 4. The summed E-state index contributed by atoms with van der Waals surface area (Å²) in [7, 11) is 1.61. The van der Waals surface area contributed by atoms with E-state index in [1.807, 2.05) is 29.1 Å². The predicted octanol–water partition coefficient (Wildman–Crippen LogP) is 2.05. The molecule has 0 amide bonds. The quantitative estimate of drug-likeness (QED) is 0.282. The van der Waals surface area contributed by atoms with Crippen LogP contribution in [0.15, 0.2) is 41.8 Å². The number of aliphatic imine (C=N–C) groups is 1. The number of aryl methyl sites for hydroxylation is 1. The number of aromatic nitrogens is 3. The number of pyridine rings is 1. The number of methoxy groups -OCH3 is 1. The first-order valence-corrected chi connectivity index (χ1v) is 7.80. The van der Waals surface area contributed by atoms with Gasteiger partial charge < -0.3 is 15.4 Å². The summed E-state index contributed by atoms with van der Waals surface area (Å²) in [5.41, 5.74) is 1.04. The molecule has 0 saturated heterocycles. The Morgan fingerprint density at radius 3 is 2.83 bits per heavy atom. The van der Waals surface area contributed by atoms with Crippen LogP contribution >= 0.6 is 24.0 Å². The number of ether oxygens (including phenoxy) is 1. The maximum absolute atomic E-state index is 5.05. The van der Waals surface area contributed by atoms with Gasteiger partial charge in [0.2, 0.25) is 5.88 Å². The van der Waals surface area contributed by atoms with Gasteiger partial charge in [0.1, 0.15) is 0 Å². The van der Waals surface area contributed by atoms with Gasteiger partial charge in [-0.25, -0.2) is 9.98 Å². The Balaban J connectivity index is 0.00000288. The third-order valence-electron chi connectivity index (χ3n) is 3.19. The molecular weight excluding hydrogens is 419 g/mol. The van der Waals surface area contributed by atoms with Crippen molar-refractivity contribution in [1.29, 1.82) is 0 Å². The van der Waals surface area contributed by atoms with Gasteiger partial charge in [-0.15, -0.1) is 24.0 Å². The summed E-state index contributed by atoms with van der Waals surface area (Å²) in [6.45, 7) is 5.18. The minimum Gasteiger partial charge on any atom is -0.481 e. The molecule has 0 aliphatic carbocycles. The second kappa shape index (κ2) is 11.7. The van der Waals surface area contributed by atoms with E-state index in [9.17, 15) is 0 Å². The highest BCUT2D eigenvalue weighted by molar-refractivity contribution is 14.0. The van der Waals surface area contributed by atoms with Crippen molar-refractivity contribution in [1.82, 2.24) is 25.4 Å². The average Bonchev–Trinajstić information content (AvgIpc) is 3.10. The Kier molecular flexibility index (Phi) is 9.81. The number of nitrogens with zero attached hydrogens (tertiary/aromatic N) is 4. The van der Waals surface area contributed by atoms with E-state index in [1.54, 1.807) is 19.5 Å². The molecule has 132 valence electrons. The van der Waals surface area contributed by atoms with Crippen LogP contribution in [0.2, 0.25) is 0 Å². The number of guanidine groups is 1. The van der Waals surface area contributed by atoms with E-state index in [2.05, 4.69) is 32.6 Å². The van der Waals surface area contributed by atoms with Crippen LogP contribution in [0.4, 0.5) is 0 Å². The summed E-state index contributed by atoms with van der Waals surface area (Å²) in [6.07, 6.45) is 6.53. The molecule has 0 atom stereocenters. The molecule has 0 unspecified atom stereocenters. The Labute approximate surface area is 159 Å². The van der Waals surface area contributed by atoms with Gasteiger partial charge in [-0.05, 0) is 25.0 Å². The van der Waals surface area contributed by atoms with E-state index in [0.29, 0.717) is 12.4 Å². The molecule has 0 aliphatic heterocycles. The third-order valence-corrected chi connectivity index (χ3v) is 3.19. The Hall–Kier alpha value is -1.84. The molecule has 0 saturated carbocycles. The highest BCUT2D eigenvalue weighted by atomic mass is 127. The molecule has 2 rings (SSSR count). The van der Waals surface area contributed by atoms with E-state index in [-0.39, 0.29) is 24.0 Å². The Bertz CT molecular complexity index is 585. The first-order chi connectivity index (χ1) is 11.3. The topological polar surface area (TPSA) is 76.4 Å². The van der Waals surface area contributed by atoms with Crippen molar-refractivity contribution in [3.05, 3.63) is 42.4 Å². The number of hydrogen-bond donors (Lipinski definition) is 2. The molecule has 24 heavy (non-hydrogen) atoms. The van der Waals surface area contributed by atoms with Crippen molar-refractivity contribution >= 4 is 29.9 Å². The average molecular weight is 444 g/mol. The number of rotatable bonds is 8. The van der Waals surface area contributed by atoms with Gasteiger partial charge in [-0.2, -0.15) is 5.10 Å². The molecule has 2 aromatic heterocycles. The second-order valence-electron chi connectivity index (χ2n) is 4.95. The molecule has 0 spiro atoms. The summed E-state index contributed by atoms with van der Waals surface area (Å²) in [6, 6.07) is 5.74. The smallest absolute Gasteiger partial charge is 0.212 e. The zero-order valence-electron chi connectivity index (χ0n) is 14.1. The minimum atomic E-state index is 0. The maximum atomic E-state index is 5.05. The SMILES string of the molecule is CCNC(=NCc1ccc(OC)nc1)NCCCn1cccn1.I. The Morgan fingerprint density at radius 2 is 2.21 bits per heavy atom. The monoisotopic (exact) mass is 444 g/mol. The zero-order chi connectivity index (χ0) is 16.3. The normalized spacial score (nSPS) is 10.8. The largest absolute Gasteiger partial charge is 0.481 e.